The molecule has 2 rings (SSSR count). The second kappa shape index (κ2) is 34.8. The second-order valence-electron chi connectivity index (χ2n) is 17.3. The van der Waals surface area contributed by atoms with Gasteiger partial charge in [0.25, 0.3) is 0 Å². The van der Waals surface area contributed by atoms with Gasteiger partial charge in [0, 0.05) is 12.8 Å². The third-order valence-corrected chi connectivity index (χ3v) is 11.8. The van der Waals surface area contributed by atoms with Crippen LogP contribution >= 0.6 is 0 Å². The Morgan fingerprint density at radius 3 is 1.28 bits per heavy atom. The van der Waals surface area contributed by atoms with E-state index in [-0.39, 0.29) is 26.1 Å². The average molecular weight is 879 g/mol. The first-order valence-electron chi connectivity index (χ1n) is 24.1. The van der Waals surface area contributed by atoms with Crippen LogP contribution in [0.2, 0.25) is 0 Å². The van der Waals surface area contributed by atoms with Crippen molar-refractivity contribution >= 4 is 11.9 Å². The Kier molecular flexibility index (Phi) is 31.8. The first-order chi connectivity index (χ1) is 29.5. The molecule has 0 spiro atoms. The number of esters is 2. The number of ether oxygens (including phenoxy) is 6. The van der Waals surface area contributed by atoms with E-state index in [2.05, 4.69) is 13.8 Å². The molecule has 360 valence electrons. The average Bonchev–Trinajstić information content (AvgIpc) is 3.25. The third-order valence-electron chi connectivity index (χ3n) is 11.8. The summed E-state index contributed by atoms with van der Waals surface area (Å²) >= 11 is 0. The van der Waals surface area contributed by atoms with Gasteiger partial charge in [-0.05, 0) is 12.8 Å². The van der Waals surface area contributed by atoms with Crippen LogP contribution in [-0.4, -0.2) is 142 Å². The van der Waals surface area contributed by atoms with Crippen LogP contribution in [0.1, 0.15) is 187 Å². The molecule has 15 heteroatoms. The summed E-state index contributed by atoms with van der Waals surface area (Å²) in [7, 11) is 0. The number of aliphatic hydroxyl groups is 7. The SMILES string of the molecule is CCCCCCCCCCCCCCCC(=O)OC[C@H](CO[C@@H]1O[C@H](CO[C@@H]2O[C@H](CO)[C@H](O)C(O)C2O)[C@H](O)C(O)C1O)OC(=O)CCCCCCCCCCCCCC. The Morgan fingerprint density at radius 1 is 0.459 bits per heavy atom. The third kappa shape index (κ3) is 23.8. The Bertz CT molecular complexity index is 1080. The van der Waals surface area contributed by atoms with Crippen molar-refractivity contribution in [2.45, 2.75) is 255 Å². The molecule has 4 unspecified atom stereocenters. The summed E-state index contributed by atoms with van der Waals surface area (Å²) in [6.45, 7) is 2.59. The zero-order valence-corrected chi connectivity index (χ0v) is 37.7. The summed E-state index contributed by atoms with van der Waals surface area (Å²) in [4.78, 5) is 25.6. The summed E-state index contributed by atoms with van der Waals surface area (Å²) in [6.07, 6.45) is 12.8. The highest BCUT2D eigenvalue weighted by molar-refractivity contribution is 5.70. The molecule has 2 fully saturated rings. The molecule has 0 radical (unpaired) electrons. The van der Waals surface area contributed by atoms with Gasteiger partial charge in [-0.25, -0.2) is 0 Å². The minimum atomic E-state index is -1.76. The molecule has 0 aromatic carbocycles. The Labute approximate surface area is 366 Å². The number of aliphatic hydroxyl groups excluding tert-OH is 7. The highest BCUT2D eigenvalue weighted by Crippen LogP contribution is 2.26. The van der Waals surface area contributed by atoms with Crippen LogP contribution in [0.25, 0.3) is 0 Å². The molecule has 2 saturated heterocycles. The van der Waals surface area contributed by atoms with Crippen molar-refractivity contribution in [2.75, 3.05) is 26.4 Å². The Hall–Kier alpha value is -1.50. The topological polar surface area (TPSA) is 231 Å². The van der Waals surface area contributed by atoms with Crippen LogP contribution in [0.3, 0.4) is 0 Å². The summed E-state index contributed by atoms with van der Waals surface area (Å²) in [5.74, 6) is -0.914. The van der Waals surface area contributed by atoms with Crippen LogP contribution in [0.5, 0.6) is 0 Å². The normalized spacial score (nSPS) is 27.2. The number of carbonyl (C=O) groups excluding carboxylic acids is 2. The van der Waals surface area contributed by atoms with Gasteiger partial charge in [-0.3, -0.25) is 9.59 Å². The van der Waals surface area contributed by atoms with Crippen LogP contribution in [0.4, 0.5) is 0 Å². The quantitative estimate of drug-likeness (QED) is 0.0295. The van der Waals surface area contributed by atoms with Crippen molar-refractivity contribution in [2.24, 2.45) is 0 Å². The molecule has 2 heterocycles. The van der Waals surface area contributed by atoms with Crippen LogP contribution in [0.15, 0.2) is 0 Å². The fourth-order valence-electron chi connectivity index (χ4n) is 7.81. The number of hydrogen-bond acceptors (Lipinski definition) is 15. The predicted molar refractivity (Wildman–Crippen MR) is 229 cm³/mol. The number of rotatable bonds is 37. The van der Waals surface area contributed by atoms with Crippen molar-refractivity contribution in [3.8, 4) is 0 Å². The minimum Gasteiger partial charge on any atom is -0.462 e. The van der Waals surface area contributed by atoms with E-state index in [1.54, 1.807) is 0 Å². The summed E-state index contributed by atoms with van der Waals surface area (Å²) in [6, 6.07) is 0. The smallest absolute Gasteiger partial charge is 0.306 e. The molecule has 0 amide bonds. The minimum absolute atomic E-state index is 0.172. The van der Waals surface area contributed by atoms with E-state index in [0.717, 1.165) is 38.5 Å². The van der Waals surface area contributed by atoms with Crippen molar-refractivity contribution in [1.29, 1.82) is 0 Å². The fourth-order valence-corrected chi connectivity index (χ4v) is 7.81. The van der Waals surface area contributed by atoms with Crippen molar-refractivity contribution in [3.63, 3.8) is 0 Å². The molecular weight excluding hydrogens is 792 g/mol. The van der Waals surface area contributed by atoms with Gasteiger partial charge in [-0.2, -0.15) is 0 Å². The maximum absolute atomic E-state index is 12.9. The zero-order chi connectivity index (χ0) is 44.7. The van der Waals surface area contributed by atoms with E-state index in [0.29, 0.717) is 12.8 Å². The summed E-state index contributed by atoms with van der Waals surface area (Å²) in [5, 5.41) is 71.9. The lowest BCUT2D eigenvalue weighted by Gasteiger charge is -2.42. The molecular formula is C46H86O15. The lowest BCUT2D eigenvalue weighted by Crippen LogP contribution is -2.61. The first kappa shape index (κ1) is 55.6. The summed E-state index contributed by atoms with van der Waals surface area (Å²) in [5.41, 5.74) is 0. The molecule has 61 heavy (non-hydrogen) atoms. The lowest BCUT2D eigenvalue weighted by atomic mass is 9.98. The molecule has 0 aliphatic carbocycles. The maximum atomic E-state index is 12.9. The highest BCUT2D eigenvalue weighted by Gasteiger charge is 2.47. The van der Waals surface area contributed by atoms with Gasteiger partial charge in [-0.1, -0.05) is 162 Å². The molecule has 0 saturated carbocycles. The molecule has 15 nitrogen and oxygen atoms in total. The molecule has 0 aromatic heterocycles. The molecule has 2 aliphatic rings. The van der Waals surface area contributed by atoms with Crippen LogP contribution < -0.4 is 0 Å². The van der Waals surface area contributed by atoms with E-state index < -0.39 is 92.7 Å². The second-order valence-corrected chi connectivity index (χ2v) is 17.3. The predicted octanol–water partition coefficient (Wildman–Crippen LogP) is 5.65. The lowest BCUT2D eigenvalue weighted by molar-refractivity contribution is -0.332. The molecule has 0 bridgehead atoms. The Balaban J connectivity index is 1.83. The molecule has 7 N–H and O–H groups in total. The number of hydrogen-bond donors (Lipinski definition) is 7. The van der Waals surface area contributed by atoms with Crippen LogP contribution in [-0.2, 0) is 38.0 Å². The van der Waals surface area contributed by atoms with Gasteiger partial charge >= 0.3 is 11.9 Å². The zero-order valence-electron chi connectivity index (χ0n) is 37.7. The van der Waals surface area contributed by atoms with Gasteiger partial charge in [0.2, 0.25) is 0 Å². The van der Waals surface area contributed by atoms with E-state index in [1.165, 1.54) is 109 Å². The largest absolute Gasteiger partial charge is 0.462 e. The van der Waals surface area contributed by atoms with Crippen molar-refractivity contribution in [3.05, 3.63) is 0 Å². The standard InChI is InChI=1S/C46H86O15/c1-3-5-7-9-11-13-15-17-19-20-22-24-26-28-37(48)56-31-34(59-38(49)29-27-25-23-21-18-16-14-12-10-8-6-4-2)32-57-45-44(55)42(53)40(51)36(61-45)33-58-46-43(54)41(52)39(50)35(30-47)60-46/h34-36,39-47,50-55H,3-33H2,1-2H3/t34-,35-,36-,39+,40+,41?,42?,43?,44?,45-,46-/m1/s1. The Morgan fingerprint density at radius 2 is 0.836 bits per heavy atom. The fraction of sp³-hybridized carbons (Fsp3) is 0.957. The van der Waals surface area contributed by atoms with E-state index in [1.807, 2.05) is 0 Å². The first-order valence-corrected chi connectivity index (χ1v) is 24.1. The molecule has 0 aromatic rings. The van der Waals surface area contributed by atoms with Gasteiger partial charge in [0.15, 0.2) is 18.7 Å². The van der Waals surface area contributed by atoms with E-state index >= 15 is 0 Å². The van der Waals surface area contributed by atoms with Crippen LogP contribution in [0, 0.1) is 0 Å². The number of unbranched alkanes of at least 4 members (excludes halogenated alkanes) is 23. The number of carbonyl (C=O) groups is 2. The monoisotopic (exact) mass is 879 g/mol. The molecule has 11 atom stereocenters. The van der Waals surface area contributed by atoms with Gasteiger partial charge in [0.05, 0.1) is 19.8 Å². The summed E-state index contributed by atoms with van der Waals surface area (Å²) < 4.78 is 33.5. The van der Waals surface area contributed by atoms with Crippen molar-refractivity contribution < 1.29 is 73.8 Å². The van der Waals surface area contributed by atoms with Gasteiger partial charge in [-0.15, -0.1) is 0 Å². The van der Waals surface area contributed by atoms with Crippen molar-refractivity contribution in [1.82, 2.24) is 0 Å². The maximum Gasteiger partial charge on any atom is 0.306 e. The highest BCUT2D eigenvalue weighted by atomic mass is 16.7. The van der Waals surface area contributed by atoms with E-state index in [4.69, 9.17) is 28.4 Å². The van der Waals surface area contributed by atoms with E-state index in [9.17, 15) is 45.3 Å². The van der Waals surface area contributed by atoms with Gasteiger partial charge < -0.3 is 64.2 Å². The molecule has 2 aliphatic heterocycles. The van der Waals surface area contributed by atoms with Gasteiger partial charge in [0.1, 0.15) is 55.4 Å².